The predicted octanol–water partition coefficient (Wildman–Crippen LogP) is 1.57. The maximum atomic E-state index is 12.2. The molecule has 0 aromatic carbocycles. The zero-order chi connectivity index (χ0) is 11.7. The van der Waals surface area contributed by atoms with Gasteiger partial charge in [0.05, 0.1) is 16.6 Å². The van der Waals surface area contributed by atoms with Crippen LogP contribution in [0.4, 0.5) is 0 Å². The first-order valence-corrected chi connectivity index (χ1v) is 5.95. The maximum Gasteiger partial charge on any atom is 0.257 e. The Morgan fingerprint density at radius 2 is 2.38 bits per heavy atom. The van der Waals surface area contributed by atoms with Crippen LogP contribution in [0.15, 0.2) is 6.20 Å². The highest BCUT2D eigenvalue weighted by Gasteiger charge is 2.25. The summed E-state index contributed by atoms with van der Waals surface area (Å²) in [5.41, 5.74) is 1.47. The number of nitrogens with zero attached hydrogens (tertiary/aromatic N) is 3. The second-order valence-corrected chi connectivity index (χ2v) is 4.91. The Bertz CT molecular complexity index is 402. The van der Waals surface area contributed by atoms with Crippen molar-refractivity contribution in [2.75, 3.05) is 13.1 Å². The van der Waals surface area contributed by atoms with Crippen LogP contribution in [0.5, 0.6) is 0 Å². The molecule has 0 N–H and O–H groups in total. The van der Waals surface area contributed by atoms with Gasteiger partial charge in [-0.3, -0.25) is 9.48 Å². The van der Waals surface area contributed by atoms with E-state index in [4.69, 9.17) is 11.6 Å². The van der Waals surface area contributed by atoms with Crippen molar-refractivity contribution in [2.45, 2.75) is 25.1 Å². The van der Waals surface area contributed by atoms with Gasteiger partial charge in [0.25, 0.3) is 5.91 Å². The lowest BCUT2D eigenvalue weighted by Crippen LogP contribution is -2.40. The highest BCUT2D eigenvalue weighted by molar-refractivity contribution is 6.21. The van der Waals surface area contributed by atoms with Gasteiger partial charge in [-0.05, 0) is 19.8 Å². The lowest BCUT2D eigenvalue weighted by Gasteiger charge is -2.29. The van der Waals surface area contributed by atoms with Gasteiger partial charge >= 0.3 is 0 Å². The average Bonchev–Trinajstić information content (AvgIpc) is 2.57. The molecule has 0 radical (unpaired) electrons. The topological polar surface area (TPSA) is 38.1 Å². The zero-order valence-electron chi connectivity index (χ0n) is 9.61. The smallest absolute Gasteiger partial charge is 0.257 e. The number of hydrogen-bond donors (Lipinski definition) is 0. The third-order valence-electron chi connectivity index (χ3n) is 2.89. The van der Waals surface area contributed by atoms with Crippen LogP contribution >= 0.6 is 11.6 Å². The van der Waals surface area contributed by atoms with Crippen LogP contribution < -0.4 is 0 Å². The van der Waals surface area contributed by atoms with Crippen molar-refractivity contribution in [2.24, 2.45) is 7.05 Å². The van der Waals surface area contributed by atoms with E-state index in [2.05, 4.69) is 5.10 Å². The molecule has 1 atom stereocenters. The minimum atomic E-state index is 0.0518. The molecule has 4 nitrogen and oxygen atoms in total. The molecule has 1 aromatic rings. The highest BCUT2D eigenvalue weighted by Crippen LogP contribution is 2.18. The van der Waals surface area contributed by atoms with Crippen LogP contribution in [0.1, 0.15) is 28.9 Å². The molecule has 1 fully saturated rings. The average molecular weight is 242 g/mol. The molecule has 1 aliphatic heterocycles. The standard InChI is InChI=1S/C11H16ClN3O/c1-8-10(7-14(2)13-8)11(16)15-5-3-4-9(12)6-15/h7,9H,3-6H2,1-2H3. The van der Waals surface area contributed by atoms with E-state index in [1.54, 1.807) is 10.9 Å². The predicted molar refractivity (Wildman–Crippen MR) is 62.7 cm³/mol. The number of rotatable bonds is 1. The molecule has 2 heterocycles. The summed E-state index contributed by atoms with van der Waals surface area (Å²) in [6.45, 7) is 3.31. The van der Waals surface area contributed by atoms with Crippen molar-refractivity contribution in [1.82, 2.24) is 14.7 Å². The van der Waals surface area contributed by atoms with E-state index in [0.29, 0.717) is 12.1 Å². The van der Waals surface area contributed by atoms with E-state index in [-0.39, 0.29) is 11.3 Å². The lowest BCUT2D eigenvalue weighted by molar-refractivity contribution is 0.0726. The number of halogens is 1. The Hall–Kier alpha value is -1.03. The van der Waals surface area contributed by atoms with Gasteiger partial charge in [0.2, 0.25) is 0 Å². The number of aryl methyl sites for hydroxylation is 2. The SMILES string of the molecule is Cc1nn(C)cc1C(=O)N1CCCC(Cl)C1. The van der Waals surface area contributed by atoms with E-state index in [0.717, 1.165) is 25.1 Å². The van der Waals surface area contributed by atoms with Crippen LogP contribution in [-0.2, 0) is 7.05 Å². The molecule has 1 aromatic heterocycles. The van der Waals surface area contributed by atoms with Crippen LogP contribution in [0.2, 0.25) is 0 Å². The van der Waals surface area contributed by atoms with Gasteiger partial charge in [0.1, 0.15) is 0 Å². The van der Waals surface area contributed by atoms with E-state index in [9.17, 15) is 4.79 Å². The first-order valence-electron chi connectivity index (χ1n) is 5.51. The summed E-state index contributed by atoms with van der Waals surface area (Å²) in [6, 6.07) is 0. The van der Waals surface area contributed by atoms with Crippen LogP contribution in [0.25, 0.3) is 0 Å². The fourth-order valence-electron chi connectivity index (χ4n) is 2.09. The van der Waals surface area contributed by atoms with E-state index >= 15 is 0 Å². The number of aromatic nitrogens is 2. The minimum absolute atomic E-state index is 0.0518. The molecular weight excluding hydrogens is 226 g/mol. The first kappa shape index (κ1) is 11.5. The Morgan fingerprint density at radius 1 is 1.62 bits per heavy atom. The molecule has 1 unspecified atom stereocenters. The van der Waals surface area contributed by atoms with Crippen molar-refractivity contribution < 1.29 is 4.79 Å². The molecule has 0 saturated carbocycles. The Morgan fingerprint density at radius 3 is 2.94 bits per heavy atom. The van der Waals surface area contributed by atoms with Crippen molar-refractivity contribution >= 4 is 17.5 Å². The third kappa shape index (κ3) is 2.21. The van der Waals surface area contributed by atoms with E-state index < -0.39 is 0 Å². The van der Waals surface area contributed by atoms with Gasteiger partial charge in [-0.2, -0.15) is 5.10 Å². The van der Waals surface area contributed by atoms with Crippen LogP contribution in [0, 0.1) is 6.92 Å². The second kappa shape index (κ2) is 4.45. The number of alkyl halides is 1. The normalized spacial score (nSPS) is 21.2. The van der Waals surface area contributed by atoms with Gasteiger partial charge in [0.15, 0.2) is 0 Å². The van der Waals surface area contributed by atoms with Crippen molar-refractivity contribution in [1.29, 1.82) is 0 Å². The number of hydrogen-bond acceptors (Lipinski definition) is 2. The molecule has 0 spiro atoms. The first-order chi connectivity index (χ1) is 7.58. The summed E-state index contributed by atoms with van der Waals surface area (Å²) < 4.78 is 1.67. The van der Waals surface area contributed by atoms with Crippen LogP contribution in [0.3, 0.4) is 0 Å². The summed E-state index contributed by atoms with van der Waals surface area (Å²) in [4.78, 5) is 14.0. The number of carbonyl (C=O) groups excluding carboxylic acids is 1. The molecule has 0 bridgehead atoms. The summed E-state index contributed by atoms with van der Waals surface area (Å²) in [5, 5.41) is 4.27. The minimum Gasteiger partial charge on any atom is -0.337 e. The quantitative estimate of drug-likeness (QED) is 0.700. The summed E-state index contributed by atoms with van der Waals surface area (Å²) in [7, 11) is 1.82. The second-order valence-electron chi connectivity index (χ2n) is 4.29. The fraction of sp³-hybridized carbons (Fsp3) is 0.636. The third-order valence-corrected chi connectivity index (χ3v) is 3.25. The monoisotopic (exact) mass is 241 g/mol. The number of piperidine rings is 1. The fourth-order valence-corrected chi connectivity index (χ4v) is 2.41. The molecule has 1 amide bonds. The molecular formula is C11H16ClN3O. The van der Waals surface area contributed by atoms with Crippen molar-refractivity contribution in [3.05, 3.63) is 17.5 Å². The number of likely N-dealkylation sites (tertiary alicyclic amines) is 1. The maximum absolute atomic E-state index is 12.2. The Balaban J connectivity index is 2.15. The molecule has 0 aliphatic carbocycles. The number of carbonyl (C=O) groups is 1. The van der Waals surface area contributed by atoms with Gasteiger partial charge in [-0.1, -0.05) is 0 Å². The van der Waals surface area contributed by atoms with Gasteiger partial charge < -0.3 is 4.90 Å². The van der Waals surface area contributed by atoms with Gasteiger partial charge in [-0.25, -0.2) is 0 Å². The molecule has 16 heavy (non-hydrogen) atoms. The van der Waals surface area contributed by atoms with Gasteiger partial charge in [-0.15, -0.1) is 11.6 Å². The lowest BCUT2D eigenvalue weighted by atomic mass is 10.1. The number of amides is 1. The van der Waals surface area contributed by atoms with Crippen molar-refractivity contribution in [3.63, 3.8) is 0 Å². The molecule has 2 rings (SSSR count). The zero-order valence-corrected chi connectivity index (χ0v) is 10.4. The Labute approximate surface area is 100 Å². The Kier molecular flexibility index (Phi) is 3.19. The van der Waals surface area contributed by atoms with Crippen LogP contribution in [-0.4, -0.2) is 39.1 Å². The summed E-state index contributed by atoms with van der Waals surface area (Å²) in [6.07, 6.45) is 3.76. The summed E-state index contributed by atoms with van der Waals surface area (Å²) >= 11 is 6.07. The molecule has 88 valence electrons. The molecule has 5 heteroatoms. The largest absolute Gasteiger partial charge is 0.337 e. The summed E-state index contributed by atoms with van der Waals surface area (Å²) in [5.74, 6) is 0.0518. The highest BCUT2D eigenvalue weighted by atomic mass is 35.5. The molecule has 1 aliphatic rings. The van der Waals surface area contributed by atoms with E-state index in [1.807, 2.05) is 18.9 Å². The van der Waals surface area contributed by atoms with E-state index in [1.165, 1.54) is 0 Å². The van der Waals surface area contributed by atoms with Crippen molar-refractivity contribution in [3.8, 4) is 0 Å². The van der Waals surface area contributed by atoms with Gasteiger partial charge in [0, 0.05) is 26.3 Å². The molecule has 1 saturated heterocycles.